The number of hydrogen-bond donors (Lipinski definition) is 2. The van der Waals surface area contributed by atoms with E-state index in [-0.39, 0.29) is 17.1 Å². The first-order valence-electron chi connectivity index (χ1n) is 16.9. The highest BCUT2D eigenvalue weighted by Crippen LogP contribution is 2.42. The molecule has 1 heterocycles. The normalized spacial score (nSPS) is 14.4. The van der Waals surface area contributed by atoms with Crippen molar-refractivity contribution in [3.05, 3.63) is 131 Å². The quantitative estimate of drug-likeness (QED) is 0.104. The van der Waals surface area contributed by atoms with Crippen LogP contribution in [-0.2, 0) is 23.1 Å². The first-order valence-corrected chi connectivity index (χ1v) is 16.9. The molecule has 0 radical (unpaired) electrons. The van der Waals surface area contributed by atoms with Crippen molar-refractivity contribution in [1.82, 2.24) is 5.32 Å². The zero-order valence-electron chi connectivity index (χ0n) is 27.4. The van der Waals surface area contributed by atoms with Crippen LogP contribution in [0.1, 0.15) is 84.5 Å². The van der Waals surface area contributed by atoms with Gasteiger partial charge in [-0.15, -0.1) is 0 Å². The number of rotatable bonds is 15. The molecule has 4 aromatic carbocycles. The molecule has 0 saturated heterocycles. The van der Waals surface area contributed by atoms with Crippen LogP contribution in [0.5, 0.6) is 5.75 Å². The summed E-state index contributed by atoms with van der Waals surface area (Å²) in [6, 6.07) is 35.9. The van der Waals surface area contributed by atoms with Crippen molar-refractivity contribution < 1.29 is 14.3 Å². The summed E-state index contributed by atoms with van der Waals surface area (Å²) >= 11 is 0. The number of amides is 1. The summed E-state index contributed by atoms with van der Waals surface area (Å²) < 4.78 is 5.24. The van der Waals surface area contributed by atoms with Gasteiger partial charge in [0.15, 0.2) is 5.78 Å². The molecule has 5 rings (SSSR count). The van der Waals surface area contributed by atoms with Crippen LogP contribution in [0.25, 0.3) is 0 Å². The second kappa shape index (κ2) is 16.3. The molecule has 0 saturated carbocycles. The highest BCUT2D eigenvalue weighted by Gasteiger charge is 2.33. The molecular weight excluding hydrogens is 568 g/mol. The third kappa shape index (κ3) is 8.66. The van der Waals surface area contributed by atoms with Crippen LogP contribution in [-0.4, -0.2) is 31.9 Å². The largest absolute Gasteiger partial charge is 0.497 e. The molecule has 4 aromatic rings. The maximum absolute atomic E-state index is 12.8. The summed E-state index contributed by atoms with van der Waals surface area (Å²) in [7, 11) is 1.66. The summed E-state index contributed by atoms with van der Waals surface area (Å²) in [5, 5.41) is 6.87. The first-order chi connectivity index (χ1) is 22.5. The van der Waals surface area contributed by atoms with Gasteiger partial charge in [-0.2, -0.15) is 0 Å². The van der Waals surface area contributed by atoms with Gasteiger partial charge in [0.1, 0.15) is 5.75 Å². The molecule has 46 heavy (non-hydrogen) atoms. The lowest BCUT2D eigenvalue weighted by Gasteiger charge is -2.36. The van der Waals surface area contributed by atoms with E-state index in [9.17, 15) is 9.59 Å². The Morgan fingerprint density at radius 2 is 1.54 bits per heavy atom. The standard InChI is InChI=1S/C41H48N2O3/c1-31(44)34-21-24-39-35(29-34)20-16-33(30-43-39)11-9-26-41(36-12-5-3-6-13-36,37-14-7-4-8-15-37)27-10-28-42-40(45)25-19-32-17-22-38(46-2)23-18-32/h3-8,12-15,17-18,21-24,29,33,43H,9-11,16,19-20,25-28,30H2,1-2H3,(H,42,45). The molecule has 1 aliphatic rings. The fourth-order valence-electron chi connectivity index (χ4n) is 6.99. The van der Waals surface area contributed by atoms with Crippen molar-refractivity contribution in [2.24, 2.45) is 5.92 Å². The maximum atomic E-state index is 12.8. The van der Waals surface area contributed by atoms with Crippen LogP contribution in [0.4, 0.5) is 5.69 Å². The van der Waals surface area contributed by atoms with Crippen molar-refractivity contribution in [3.8, 4) is 5.75 Å². The lowest BCUT2D eigenvalue weighted by atomic mass is 9.68. The van der Waals surface area contributed by atoms with Crippen molar-refractivity contribution >= 4 is 17.4 Å². The van der Waals surface area contributed by atoms with Gasteiger partial charge in [0, 0.05) is 36.2 Å². The third-order valence-electron chi connectivity index (χ3n) is 9.69. The Hall–Kier alpha value is -4.38. The van der Waals surface area contributed by atoms with Crippen LogP contribution in [0, 0.1) is 5.92 Å². The molecule has 0 spiro atoms. The Balaban J connectivity index is 1.22. The number of benzene rings is 4. The molecule has 240 valence electrons. The van der Waals surface area contributed by atoms with E-state index in [1.54, 1.807) is 14.0 Å². The van der Waals surface area contributed by atoms with E-state index >= 15 is 0 Å². The number of anilines is 1. The van der Waals surface area contributed by atoms with Gasteiger partial charge < -0.3 is 15.4 Å². The fraction of sp³-hybridized carbons (Fsp3) is 0.366. The number of Topliss-reactive ketones (excluding diaryl/α,β-unsaturated/α-hetero) is 1. The Bertz CT molecular complexity index is 1510. The predicted molar refractivity (Wildman–Crippen MR) is 188 cm³/mol. The van der Waals surface area contributed by atoms with E-state index in [1.807, 2.05) is 30.3 Å². The van der Waals surface area contributed by atoms with Crippen LogP contribution < -0.4 is 15.4 Å². The second-order valence-corrected chi connectivity index (χ2v) is 12.7. The van der Waals surface area contributed by atoms with Crippen LogP contribution in [0.15, 0.2) is 103 Å². The number of aryl methyl sites for hydroxylation is 2. The number of ketones is 1. The van der Waals surface area contributed by atoms with Crippen molar-refractivity contribution in [2.45, 2.75) is 70.1 Å². The molecule has 0 fully saturated rings. The second-order valence-electron chi connectivity index (χ2n) is 12.7. The SMILES string of the molecule is COc1ccc(CCC(=O)NCCCC(CCCC2CCc3cc(C(C)=O)ccc3NC2)(c2ccccc2)c2ccccc2)cc1. The maximum Gasteiger partial charge on any atom is 0.220 e. The average molecular weight is 617 g/mol. The molecule has 1 amide bonds. The highest BCUT2D eigenvalue weighted by atomic mass is 16.5. The molecule has 5 nitrogen and oxygen atoms in total. The molecule has 1 aliphatic heterocycles. The number of carbonyl (C=O) groups is 2. The fourth-order valence-corrected chi connectivity index (χ4v) is 6.99. The van der Waals surface area contributed by atoms with Crippen molar-refractivity contribution in [2.75, 3.05) is 25.5 Å². The van der Waals surface area contributed by atoms with Gasteiger partial charge in [0.2, 0.25) is 5.91 Å². The number of carbonyl (C=O) groups excluding carboxylic acids is 2. The lowest BCUT2D eigenvalue weighted by molar-refractivity contribution is -0.121. The van der Waals surface area contributed by atoms with Crippen molar-refractivity contribution in [1.29, 1.82) is 0 Å². The summed E-state index contributed by atoms with van der Waals surface area (Å²) in [4.78, 5) is 24.7. The Kier molecular flexibility index (Phi) is 11.7. The van der Waals surface area contributed by atoms with E-state index < -0.39 is 0 Å². The number of hydrogen-bond acceptors (Lipinski definition) is 4. The van der Waals surface area contributed by atoms with E-state index in [4.69, 9.17) is 4.74 Å². The van der Waals surface area contributed by atoms with E-state index in [1.165, 1.54) is 22.4 Å². The van der Waals surface area contributed by atoms with Crippen LogP contribution in [0.2, 0.25) is 0 Å². The van der Waals surface area contributed by atoms with Crippen molar-refractivity contribution in [3.63, 3.8) is 0 Å². The van der Waals surface area contributed by atoms with Gasteiger partial charge in [-0.3, -0.25) is 9.59 Å². The van der Waals surface area contributed by atoms with Crippen LogP contribution in [0.3, 0.4) is 0 Å². The number of methoxy groups -OCH3 is 1. The monoisotopic (exact) mass is 616 g/mol. The molecule has 0 bridgehead atoms. The van der Waals surface area contributed by atoms with Gasteiger partial charge >= 0.3 is 0 Å². The summed E-state index contributed by atoms with van der Waals surface area (Å²) in [5.74, 6) is 1.62. The third-order valence-corrected chi connectivity index (χ3v) is 9.69. The molecule has 1 atom stereocenters. The van der Waals surface area contributed by atoms with Gasteiger partial charge in [0.05, 0.1) is 7.11 Å². The van der Waals surface area contributed by atoms with Gasteiger partial charge in [0.25, 0.3) is 0 Å². The molecular formula is C41H48N2O3. The summed E-state index contributed by atoms with van der Waals surface area (Å²) in [6.45, 7) is 3.26. The number of fused-ring (bicyclic) bond motifs is 1. The van der Waals surface area contributed by atoms with Gasteiger partial charge in [-0.1, -0.05) is 79.2 Å². The number of nitrogens with one attached hydrogen (secondary N) is 2. The molecule has 0 aliphatic carbocycles. The molecule has 5 heteroatoms. The molecule has 1 unspecified atom stereocenters. The smallest absolute Gasteiger partial charge is 0.220 e. The van der Waals surface area contributed by atoms with E-state index in [0.717, 1.165) is 68.4 Å². The lowest BCUT2D eigenvalue weighted by Crippen LogP contribution is -2.31. The van der Waals surface area contributed by atoms with Gasteiger partial charge in [-0.25, -0.2) is 0 Å². The van der Waals surface area contributed by atoms with Crippen LogP contribution >= 0.6 is 0 Å². The highest BCUT2D eigenvalue weighted by molar-refractivity contribution is 5.94. The minimum absolute atomic E-state index is 0.0955. The zero-order chi connectivity index (χ0) is 32.2. The minimum atomic E-state index is -0.131. The molecule has 2 N–H and O–H groups in total. The summed E-state index contributed by atoms with van der Waals surface area (Å²) in [5.41, 5.74) is 6.91. The molecule has 0 aromatic heterocycles. The zero-order valence-corrected chi connectivity index (χ0v) is 27.4. The van der Waals surface area contributed by atoms with E-state index in [2.05, 4.69) is 83.4 Å². The average Bonchev–Trinajstić information content (AvgIpc) is 3.31. The van der Waals surface area contributed by atoms with E-state index in [0.29, 0.717) is 25.3 Å². The Labute approximate surface area is 274 Å². The van der Waals surface area contributed by atoms with Gasteiger partial charge in [-0.05, 0) is 110 Å². The number of ether oxygens (including phenoxy) is 1. The Morgan fingerprint density at radius 1 is 0.870 bits per heavy atom. The predicted octanol–water partition coefficient (Wildman–Crippen LogP) is 8.56. The first kappa shape index (κ1) is 33.0. The topological polar surface area (TPSA) is 67.4 Å². The summed E-state index contributed by atoms with van der Waals surface area (Å²) in [6.07, 6.45) is 8.46. The minimum Gasteiger partial charge on any atom is -0.497 e. The Morgan fingerprint density at radius 3 is 2.20 bits per heavy atom.